The Morgan fingerprint density at radius 1 is 0.857 bits per heavy atom. The predicted octanol–water partition coefficient (Wildman–Crippen LogP) is -10.4. The van der Waals surface area contributed by atoms with E-state index in [-0.39, 0.29) is 120 Å². The maximum Gasteiger partial charge on any atom is 1.00 e. The van der Waals surface area contributed by atoms with E-state index in [1.54, 1.807) is 0 Å². The molecule has 22 nitrogen and oxygen atoms in total. The van der Waals surface area contributed by atoms with E-state index < -0.39 is 41.3 Å². The Balaban J connectivity index is 0.00000840. The van der Waals surface area contributed by atoms with E-state index in [0.29, 0.717) is 12.0 Å². The first-order valence-electron chi connectivity index (χ1n) is 11.0. The first kappa shape index (κ1) is 40.7. The van der Waals surface area contributed by atoms with E-state index in [0.717, 1.165) is 0 Å². The van der Waals surface area contributed by atoms with Crippen molar-refractivity contribution in [3.05, 3.63) is 0 Å². The van der Waals surface area contributed by atoms with Crippen molar-refractivity contribution in [1.82, 2.24) is 29.9 Å². The van der Waals surface area contributed by atoms with Gasteiger partial charge in [0.25, 0.3) is 5.95 Å². The van der Waals surface area contributed by atoms with Gasteiger partial charge in [0.15, 0.2) is 0 Å². The fourth-order valence-corrected chi connectivity index (χ4v) is 2.87. The molecule has 0 spiro atoms. The Hall–Kier alpha value is -1.33. The number of hydrogen-bond acceptors (Lipinski definition) is 23. The molecule has 0 bridgehead atoms. The Bertz CT molecular complexity index is 1190. The molecule has 0 amide bonds. The summed E-state index contributed by atoms with van der Waals surface area (Å²) in [5.41, 5.74) is 5.18. The van der Waals surface area contributed by atoms with Crippen LogP contribution in [0.1, 0.15) is 0 Å². The van der Waals surface area contributed by atoms with Gasteiger partial charge in [0.1, 0.15) is 0 Å². The maximum atomic E-state index is 10.9. The Morgan fingerprint density at radius 3 is 1.86 bits per heavy atom. The van der Waals surface area contributed by atoms with Gasteiger partial charge in [-0.05, 0) is 0 Å². The normalized spacial score (nSPS) is 12.5. The fourth-order valence-electron chi connectivity index (χ4n) is 2.29. The third kappa shape index (κ3) is 17.7. The van der Waals surface area contributed by atoms with E-state index in [2.05, 4.69) is 71.1 Å². The first-order chi connectivity index (χ1) is 19.1. The van der Waals surface area contributed by atoms with Crippen LogP contribution >= 0.6 is 12.0 Å². The summed E-state index contributed by atoms with van der Waals surface area (Å²) in [6.45, 7) is -1.62. The van der Waals surface area contributed by atoms with Crippen molar-refractivity contribution < 1.29 is 107 Å². The number of aromatic nitrogens is 6. The van der Waals surface area contributed by atoms with Gasteiger partial charge in [-0.25, -0.2) is 13.4 Å². The minimum absolute atomic E-state index is 0. The van der Waals surface area contributed by atoms with Gasteiger partial charge in [0.05, 0.1) is 47.0 Å². The molecule has 0 aliphatic carbocycles. The summed E-state index contributed by atoms with van der Waals surface area (Å²) in [7, 11) is -4.50. The van der Waals surface area contributed by atoms with Crippen LogP contribution in [0.3, 0.4) is 0 Å². The second-order valence-corrected chi connectivity index (χ2v) is 9.42. The molecule has 2 rings (SSSR count). The fraction of sp³-hybridized carbons (Fsp3) is 0.562. The molecule has 0 aromatic carbocycles. The molecule has 9 N–H and O–H groups in total. The Kier molecular flexibility index (Phi) is 21.5. The van der Waals surface area contributed by atoms with Crippen molar-refractivity contribution >= 4 is 64.1 Å². The molecular formula is C16H26N12Na2O10S2. The number of anilines is 5. The van der Waals surface area contributed by atoms with Crippen LogP contribution in [-0.2, 0) is 19.5 Å². The van der Waals surface area contributed by atoms with Crippen molar-refractivity contribution in [2.75, 3.05) is 71.2 Å². The number of rotatable bonds is 20. The third-order valence-electron chi connectivity index (χ3n) is 4.02. The van der Waals surface area contributed by atoms with Crippen molar-refractivity contribution in [3.63, 3.8) is 0 Å². The number of hydrogen-bond donors (Lipinski definition) is 9. The van der Waals surface area contributed by atoms with Crippen molar-refractivity contribution in [2.24, 2.45) is 4.99 Å². The van der Waals surface area contributed by atoms with Crippen LogP contribution < -0.4 is 91.2 Å². The molecular weight excluding hydrogens is 630 g/mol. The third-order valence-corrected chi connectivity index (χ3v) is 5.16. The molecule has 42 heavy (non-hydrogen) atoms. The molecule has 26 heteroatoms. The Morgan fingerprint density at radius 2 is 1.33 bits per heavy atom. The minimum Gasteiger partial charge on any atom is -0.748 e. The molecule has 0 fully saturated rings. The van der Waals surface area contributed by atoms with E-state index >= 15 is 0 Å². The number of aliphatic hydroxyl groups excluding tert-OH is 4. The standard InChI is InChI=1S/C16H28N12O10S2.2Na/c29-7-9(31)5-19-13-21-11(17-1-3-39-38-37-33)23-15(25-13)27-28-16-24-12(18-2-4-40(34,35)36)22-14(26-16)20-6-10(32)8-30;;/h1,9-10,29-33H,2-8H2,(H,34,35,36)(H2,19,21,23,25,27)(H3,18,20,22,24,26,28);;/q;2*+1/p-2/b17-1+;;. The number of nitrogens with zero attached hydrogens (tertiary/aromatic N) is 7. The number of nitrogens with one attached hydrogen (secondary N) is 5. The van der Waals surface area contributed by atoms with Gasteiger partial charge in [0.2, 0.25) is 29.7 Å². The zero-order valence-corrected chi connectivity index (χ0v) is 28.0. The molecule has 0 aliphatic heterocycles. The monoisotopic (exact) mass is 656 g/mol. The van der Waals surface area contributed by atoms with Crippen LogP contribution in [0.5, 0.6) is 0 Å². The average Bonchev–Trinajstić information content (AvgIpc) is 2.92. The first-order valence-corrected chi connectivity index (χ1v) is 13.5. The molecule has 2 unspecified atom stereocenters. The molecule has 224 valence electrons. The minimum atomic E-state index is -4.50. The second kappa shape index (κ2) is 22.2. The molecule has 2 aromatic heterocycles. The van der Waals surface area contributed by atoms with Gasteiger partial charge in [-0.15, -0.1) is 0 Å². The van der Waals surface area contributed by atoms with E-state index in [9.17, 15) is 28.4 Å². The zero-order valence-electron chi connectivity index (χ0n) is 22.4. The van der Waals surface area contributed by atoms with Crippen LogP contribution in [0, 0.1) is 0 Å². The molecule has 2 atom stereocenters. The van der Waals surface area contributed by atoms with Crippen LogP contribution in [0.15, 0.2) is 4.99 Å². The molecule has 2 aromatic rings. The van der Waals surface area contributed by atoms with Crippen molar-refractivity contribution in [1.29, 1.82) is 0 Å². The van der Waals surface area contributed by atoms with Gasteiger partial charge in [-0.3, -0.25) is 15.9 Å². The van der Waals surface area contributed by atoms with Gasteiger partial charge < -0.3 is 46.2 Å². The Labute approximate surface area is 287 Å². The molecule has 0 saturated carbocycles. The van der Waals surface area contributed by atoms with E-state index in [1.165, 1.54) is 6.21 Å². The molecule has 0 radical (unpaired) electrons. The van der Waals surface area contributed by atoms with Gasteiger partial charge in [-0.2, -0.15) is 34.2 Å². The van der Waals surface area contributed by atoms with E-state index in [4.69, 9.17) is 10.2 Å². The van der Waals surface area contributed by atoms with Gasteiger partial charge in [-0.1, -0.05) is 0 Å². The maximum absolute atomic E-state index is 10.9. The zero-order chi connectivity index (χ0) is 29.4. The quantitative estimate of drug-likeness (QED) is 0.0121. The average molecular weight is 657 g/mol. The van der Waals surface area contributed by atoms with Crippen LogP contribution in [0.4, 0.5) is 35.7 Å². The number of hydrazine groups is 1. The SMILES string of the molecule is O=S(=O)([O-])CCNc1nc(NCC(O)CO)nc(NNc2nc(/N=C/CSOO[O-])nc(NCC(O)CO)n2)n1.[Na+].[Na+]. The summed E-state index contributed by atoms with van der Waals surface area (Å²) in [6.07, 6.45) is -0.944. The summed E-state index contributed by atoms with van der Waals surface area (Å²) < 4.78 is 36.7. The molecule has 0 saturated heterocycles. The van der Waals surface area contributed by atoms with Crippen LogP contribution in [0.2, 0.25) is 0 Å². The van der Waals surface area contributed by atoms with Gasteiger partial charge in [0, 0.05) is 37.9 Å². The van der Waals surface area contributed by atoms with E-state index in [1.807, 2.05) is 0 Å². The second-order valence-electron chi connectivity index (χ2n) is 7.19. The van der Waals surface area contributed by atoms with Gasteiger partial charge >= 0.3 is 59.1 Å². The number of aliphatic hydroxyl groups is 4. The summed E-state index contributed by atoms with van der Waals surface area (Å²) >= 11 is 0.648. The summed E-state index contributed by atoms with van der Waals surface area (Å²) in [5, 5.41) is 58.1. The molecule has 2 heterocycles. The van der Waals surface area contributed by atoms with Crippen LogP contribution in [-0.4, -0.2) is 126 Å². The number of aliphatic imine (C=N–C) groups is 1. The predicted molar refractivity (Wildman–Crippen MR) is 136 cm³/mol. The van der Waals surface area contributed by atoms with Crippen molar-refractivity contribution in [3.8, 4) is 0 Å². The van der Waals surface area contributed by atoms with Crippen molar-refractivity contribution in [2.45, 2.75) is 12.2 Å². The largest absolute Gasteiger partial charge is 1.00 e. The summed E-state index contributed by atoms with van der Waals surface area (Å²) in [5.74, 6) is -1.36. The molecule has 0 aliphatic rings. The summed E-state index contributed by atoms with van der Waals surface area (Å²) in [6, 6.07) is 0. The topological polar surface area (TPSA) is 329 Å². The summed E-state index contributed by atoms with van der Waals surface area (Å²) in [4.78, 5) is 28.2. The van der Waals surface area contributed by atoms with Crippen LogP contribution in [0.25, 0.3) is 0 Å². The smallest absolute Gasteiger partial charge is 0.748 e.